The molecule has 21 heavy (non-hydrogen) atoms. The Kier molecular flexibility index (Phi) is 4.80. The van der Waals surface area contributed by atoms with Crippen LogP contribution in [0.25, 0.3) is 0 Å². The van der Waals surface area contributed by atoms with E-state index in [2.05, 4.69) is 0 Å². The second-order valence-corrected chi connectivity index (χ2v) is 5.31. The Morgan fingerprint density at radius 2 is 1.71 bits per heavy atom. The van der Waals surface area contributed by atoms with Crippen LogP contribution in [0.4, 0.5) is 8.78 Å². The molecule has 2 aromatic carbocycles. The lowest BCUT2D eigenvalue weighted by atomic mass is 10.1. The summed E-state index contributed by atoms with van der Waals surface area (Å²) >= 11 is 11.8. The van der Waals surface area contributed by atoms with Crippen molar-refractivity contribution >= 4 is 29.1 Å². The highest BCUT2D eigenvalue weighted by atomic mass is 35.5. The average molecular weight is 330 g/mol. The van der Waals surface area contributed by atoms with E-state index in [-0.39, 0.29) is 17.1 Å². The Balaban J connectivity index is 2.24. The fraction of sp³-hybridized carbons (Fsp3) is 0.133. The van der Waals surface area contributed by atoms with Gasteiger partial charge in [0.2, 0.25) is 0 Å². The minimum Gasteiger partial charge on any atom is -0.337 e. The quantitative estimate of drug-likeness (QED) is 0.757. The van der Waals surface area contributed by atoms with Crippen LogP contribution in [-0.4, -0.2) is 17.9 Å². The van der Waals surface area contributed by atoms with Crippen molar-refractivity contribution in [1.82, 2.24) is 4.90 Å². The number of rotatable bonds is 3. The zero-order valence-electron chi connectivity index (χ0n) is 11.0. The van der Waals surface area contributed by atoms with Gasteiger partial charge in [-0.25, -0.2) is 8.78 Å². The summed E-state index contributed by atoms with van der Waals surface area (Å²) in [6.07, 6.45) is 0. The Morgan fingerprint density at radius 1 is 1.10 bits per heavy atom. The summed E-state index contributed by atoms with van der Waals surface area (Å²) < 4.78 is 26.3. The monoisotopic (exact) mass is 329 g/mol. The third-order valence-corrected chi connectivity index (χ3v) is 3.63. The second kappa shape index (κ2) is 6.41. The van der Waals surface area contributed by atoms with Crippen LogP contribution < -0.4 is 0 Å². The average Bonchev–Trinajstić information content (AvgIpc) is 2.44. The van der Waals surface area contributed by atoms with E-state index in [1.54, 1.807) is 24.3 Å². The van der Waals surface area contributed by atoms with Gasteiger partial charge in [-0.15, -0.1) is 0 Å². The molecule has 2 rings (SSSR count). The highest BCUT2D eigenvalue weighted by Gasteiger charge is 2.19. The maximum Gasteiger partial charge on any atom is 0.255 e. The van der Waals surface area contributed by atoms with Crippen LogP contribution in [0.3, 0.4) is 0 Å². The first-order valence-corrected chi connectivity index (χ1v) is 6.79. The molecule has 0 N–H and O–H groups in total. The number of hydrogen-bond acceptors (Lipinski definition) is 1. The summed E-state index contributed by atoms with van der Waals surface area (Å²) in [6.45, 7) is 0.230. The van der Waals surface area contributed by atoms with Gasteiger partial charge in [0.25, 0.3) is 5.91 Å². The van der Waals surface area contributed by atoms with E-state index < -0.39 is 17.5 Å². The molecule has 0 aliphatic carbocycles. The number of benzene rings is 2. The Morgan fingerprint density at radius 3 is 2.38 bits per heavy atom. The molecule has 2 nitrogen and oxygen atoms in total. The molecule has 0 bridgehead atoms. The Labute approximate surface area is 130 Å². The third kappa shape index (κ3) is 3.52. The molecule has 0 aromatic heterocycles. The van der Waals surface area contributed by atoms with Gasteiger partial charge in [-0.05, 0) is 23.8 Å². The summed E-state index contributed by atoms with van der Waals surface area (Å²) in [5.74, 6) is -2.72. The van der Waals surface area contributed by atoms with Crippen molar-refractivity contribution in [3.63, 3.8) is 0 Å². The van der Waals surface area contributed by atoms with Crippen molar-refractivity contribution in [1.29, 1.82) is 0 Å². The summed E-state index contributed by atoms with van der Waals surface area (Å²) in [7, 11) is 1.53. The van der Waals surface area contributed by atoms with Gasteiger partial charge in [-0.1, -0.05) is 41.4 Å². The van der Waals surface area contributed by atoms with Crippen LogP contribution in [0.2, 0.25) is 10.0 Å². The van der Waals surface area contributed by atoms with Crippen molar-refractivity contribution in [2.75, 3.05) is 7.05 Å². The Bertz CT molecular complexity index is 691. The third-order valence-electron chi connectivity index (χ3n) is 2.95. The van der Waals surface area contributed by atoms with Crippen molar-refractivity contribution in [2.45, 2.75) is 6.54 Å². The molecular weight excluding hydrogens is 319 g/mol. The summed E-state index contributed by atoms with van der Waals surface area (Å²) in [5.41, 5.74) is 0.652. The number of nitrogens with zero attached hydrogens (tertiary/aromatic N) is 1. The van der Waals surface area contributed by atoms with Crippen LogP contribution in [0.5, 0.6) is 0 Å². The van der Waals surface area contributed by atoms with E-state index in [4.69, 9.17) is 23.2 Å². The van der Waals surface area contributed by atoms with Gasteiger partial charge in [-0.3, -0.25) is 4.79 Å². The van der Waals surface area contributed by atoms with E-state index in [1.165, 1.54) is 11.9 Å². The fourth-order valence-electron chi connectivity index (χ4n) is 1.85. The van der Waals surface area contributed by atoms with Gasteiger partial charge in [0.1, 0.15) is 0 Å². The lowest BCUT2D eigenvalue weighted by molar-refractivity contribution is 0.0784. The molecule has 6 heteroatoms. The highest BCUT2D eigenvalue weighted by Crippen LogP contribution is 2.23. The van der Waals surface area contributed by atoms with Gasteiger partial charge in [0, 0.05) is 18.6 Å². The summed E-state index contributed by atoms with van der Waals surface area (Å²) in [5, 5.41) is 0.387. The minimum atomic E-state index is -1.12. The van der Waals surface area contributed by atoms with Crippen LogP contribution in [0.1, 0.15) is 15.9 Å². The van der Waals surface area contributed by atoms with Crippen molar-refractivity contribution in [3.8, 4) is 0 Å². The van der Waals surface area contributed by atoms with E-state index in [9.17, 15) is 13.6 Å². The number of carbonyl (C=O) groups excluding carboxylic acids is 1. The molecule has 0 aliphatic heterocycles. The van der Waals surface area contributed by atoms with E-state index >= 15 is 0 Å². The van der Waals surface area contributed by atoms with Crippen molar-refractivity contribution < 1.29 is 13.6 Å². The van der Waals surface area contributed by atoms with Gasteiger partial charge >= 0.3 is 0 Å². The first-order valence-electron chi connectivity index (χ1n) is 6.03. The molecule has 0 aliphatic rings. The van der Waals surface area contributed by atoms with Crippen LogP contribution in [0.15, 0.2) is 36.4 Å². The molecule has 0 radical (unpaired) electrons. The first kappa shape index (κ1) is 15.7. The molecule has 0 saturated heterocycles. The van der Waals surface area contributed by atoms with Gasteiger partial charge in [0.05, 0.1) is 10.6 Å². The number of hydrogen-bond donors (Lipinski definition) is 0. The van der Waals surface area contributed by atoms with Crippen molar-refractivity contribution in [2.24, 2.45) is 0 Å². The predicted octanol–water partition coefficient (Wildman–Crippen LogP) is 4.54. The SMILES string of the molecule is CN(Cc1ccccc1Cl)C(=O)c1cc(F)c(F)cc1Cl. The predicted molar refractivity (Wildman–Crippen MR) is 78.6 cm³/mol. The minimum absolute atomic E-state index is 0.0925. The van der Waals surface area contributed by atoms with Gasteiger partial charge in [0.15, 0.2) is 11.6 Å². The molecule has 0 spiro atoms. The lowest BCUT2D eigenvalue weighted by Crippen LogP contribution is -2.26. The van der Waals surface area contributed by atoms with Crippen LogP contribution >= 0.6 is 23.2 Å². The molecular formula is C15H11Cl2F2NO. The topological polar surface area (TPSA) is 20.3 Å². The van der Waals surface area contributed by atoms with Gasteiger partial charge < -0.3 is 4.90 Å². The maximum absolute atomic E-state index is 13.2. The largest absolute Gasteiger partial charge is 0.337 e. The van der Waals surface area contributed by atoms with E-state index in [0.717, 1.165) is 17.7 Å². The first-order chi connectivity index (χ1) is 9.90. The maximum atomic E-state index is 13.2. The molecule has 0 atom stereocenters. The van der Waals surface area contributed by atoms with Crippen LogP contribution in [-0.2, 0) is 6.54 Å². The standard InChI is InChI=1S/C15H11Cl2F2NO/c1-20(8-9-4-2-3-5-11(9)16)15(21)10-6-13(18)14(19)7-12(10)17/h2-7H,8H2,1H3. The number of halogens is 4. The fourth-order valence-corrected chi connectivity index (χ4v) is 2.27. The van der Waals surface area contributed by atoms with E-state index in [0.29, 0.717) is 5.02 Å². The highest BCUT2D eigenvalue weighted by molar-refractivity contribution is 6.33. The van der Waals surface area contributed by atoms with Gasteiger partial charge in [-0.2, -0.15) is 0 Å². The summed E-state index contributed by atoms with van der Waals surface area (Å²) in [6, 6.07) is 8.64. The molecule has 0 heterocycles. The smallest absolute Gasteiger partial charge is 0.255 e. The van der Waals surface area contributed by atoms with Crippen molar-refractivity contribution in [3.05, 3.63) is 69.2 Å². The molecule has 110 valence electrons. The molecule has 0 unspecified atom stereocenters. The normalized spacial score (nSPS) is 10.5. The lowest BCUT2D eigenvalue weighted by Gasteiger charge is -2.19. The molecule has 1 amide bonds. The molecule has 0 saturated carbocycles. The molecule has 0 fully saturated rings. The van der Waals surface area contributed by atoms with Crippen LogP contribution in [0, 0.1) is 11.6 Å². The summed E-state index contributed by atoms with van der Waals surface area (Å²) in [4.78, 5) is 13.6. The number of amides is 1. The molecule has 2 aromatic rings. The van der Waals surface area contributed by atoms with E-state index in [1.807, 2.05) is 0 Å². The Hall–Kier alpha value is -1.65. The second-order valence-electron chi connectivity index (χ2n) is 4.50. The zero-order chi connectivity index (χ0) is 15.6. The number of carbonyl (C=O) groups is 1. The zero-order valence-corrected chi connectivity index (χ0v) is 12.6.